The fourth-order valence-corrected chi connectivity index (χ4v) is 4.14. The van der Waals surface area contributed by atoms with Crippen molar-refractivity contribution in [2.24, 2.45) is 5.92 Å². The Morgan fingerprint density at radius 1 is 1.30 bits per heavy atom. The van der Waals surface area contributed by atoms with Crippen LogP contribution in [-0.2, 0) is 10.0 Å². The van der Waals surface area contributed by atoms with Crippen LogP contribution in [0.3, 0.4) is 0 Å². The van der Waals surface area contributed by atoms with Crippen molar-refractivity contribution in [3.63, 3.8) is 0 Å². The molecule has 0 bridgehead atoms. The Morgan fingerprint density at radius 3 is 2.65 bits per heavy atom. The van der Waals surface area contributed by atoms with Crippen LogP contribution in [0.25, 0.3) is 11.3 Å². The summed E-state index contributed by atoms with van der Waals surface area (Å²) >= 11 is 0. The Balaban J connectivity index is 1.77. The third-order valence-electron chi connectivity index (χ3n) is 4.17. The molecule has 0 spiro atoms. The highest BCUT2D eigenvalue weighted by molar-refractivity contribution is 7.89. The van der Waals surface area contributed by atoms with Crippen LogP contribution < -0.4 is 10.0 Å². The van der Waals surface area contributed by atoms with Crippen molar-refractivity contribution in [2.75, 3.05) is 13.1 Å². The van der Waals surface area contributed by atoms with Gasteiger partial charge in [-0.25, -0.2) is 18.1 Å². The second kappa shape index (κ2) is 6.43. The minimum Gasteiger partial charge on any atom is -0.449 e. The van der Waals surface area contributed by atoms with Crippen LogP contribution >= 0.6 is 0 Å². The molecule has 124 valence electrons. The Kier molecular flexibility index (Phi) is 4.52. The number of rotatable bonds is 4. The molecular weight excluding hydrogens is 314 g/mol. The quantitative estimate of drug-likeness (QED) is 0.892. The van der Waals surface area contributed by atoms with Crippen LogP contribution in [0.4, 0.5) is 0 Å². The number of aryl methyl sites for hydroxylation is 1. The molecule has 0 saturated carbocycles. The summed E-state index contributed by atoms with van der Waals surface area (Å²) in [5, 5.41) is 3.27. The van der Waals surface area contributed by atoms with Gasteiger partial charge in [-0.2, -0.15) is 0 Å². The van der Waals surface area contributed by atoms with Gasteiger partial charge >= 0.3 is 0 Å². The number of aromatic nitrogens is 1. The maximum absolute atomic E-state index is 12.5. The van der Waals surface area contributed by atoms with Crippen molar-refractivity contribution in [2.45, 2.75) is 31.2 Å². The van der Waals surface area contributed by atoms with Crippen molar-refractivity contribution < 1.29 is 12.8 Å². The average Bonchev–Trinajstić information content (AvgIpc) is 2.96. The minimum absolute atomic E-state index is 0.0286. The summed E-state index contributed by atoms with van der Waals surface area (Å²) in [7, 11) is -3.51. The monoisotopic (exact) mass is 335 g/mol. The third kappa shape index (κ3) is 3.63. The molecule has 2 aromatic rings. The maximum Gasteiger partial charge on any atom is 0.240 e. The molecule has 0 radical (unpaired) electrons. The molecule has 0 aliphatic carbocycles. The summed E-state index contributed by atoms with van der Waals surface area (Å²) in [4.78, 5) is 4.51. The zero-order chi connectivity index (χ0) is 16.4. The molecule has 2 atom stereocenters. The Morgan fingerprint density at radius 2 is 2.04 bits per heavy atom. The van der Waals surface area contributed by atoms with E-state index in [1.54, 1.807) is 37.5 Å². The Hall–Kier alpha value is -1.70. The summed E-state index contributed by atoms with van der Waals surface area (Å²) < 4.78 is 33.1. The van der Waals surface area contributed by atoms with Crippen LogP contribution in [-0.4, -0.2) is 32.5 Å². The van der Waals surface area contributed by atoms with Crippen LogP contribution in [0.1, 0.15) is 19.2 Å². The number of hydrogen-bond acceptors (Lipinski definition) is 5. The number of benzene rings is 1. The fraction of sp³-hybridized carbons (Fsp3) is 0.438. The van der Waals surface area contributed by atoms with Crippen molar-refractivity contribution in [1.82, 2.24) is 15.0 Å². The standard InChI is InChI=1S/C16H21N3O3S/c1-11-9-17-8-7-15(11)19-23(20,21)14-5-3-13(4-6-14)16-10-22-12(2)18-16/h3-6,10-11,15,17,19H,7-9H2,1-2H3. The van der Waals surface area contributed by atoms with E-state index in [0.717, 1.165) is 25.1 Å². The summed E-state index contributed by atoms with van der Waals surface area (Å²) in [6, 6.07) is 6.68. The normalized spacial score (nSPS) is 22.2. The van der Waals surface area contributed by atoms with E-state index in [2.05, 4.69) is 21.9 Å². The minimum atomic E-state index is -3.51. The number of oxazole rings is 1. The molecule has 6 nitrogen and oxygen atoms in total. The molecule has 2 N–H and O–H groups in total. The van der Waals surface area contributed by atoms with Gasteiger partial charge in [-0.3, -0.25) is 0 Å². The zero-order valence-corrected chi connectivity index (χ0v) is 14.1. The maximum atomic E-state index is 12.5. The number of piperidine rings is 1. The zero-order valence-electron chi connectivity index (χ0n) is 13.2. The van der Waals surface area contributed by atoms with E-state index in [1.165, 1.54) is 0 Å². The molecule has 0 amide bonds. The van der Waals surface area contributed by atoms with Gasteiger partial charge in [0.1, 0.15) is 12.0 Å². The van der Waals surface area contributed by atoms with Gasteiger partial charge in [0.2, 0.25) is 10.0 Å². The molecule has 23 heavy (non-hydrogen) atoms. The topological polar surface area (TPSA) is 84.2 Å². The molecular formula is C16H21N3O3S. The van der Waals surface area contributed by atoms with E-state index in [4.69, 9.17) is 4.42 Å². The Labute approximate surface area is 136 Å². The fourth-order valence-electron chi connectivity index (χ4n) is 2.76. The summed E-state index contributed by atoms with van der Waals surface area (Å²) in [5.41, 5.74) is 1.53. The SMILES string of the molecule is Cc1nc(-c2ccc(S(=O)(=O)NC3CCNCC3C)cc2)co1. The Bertz CT molecular complexity index is 768. The van der Waals surface area contributed by atoms with Crippen molar-refractivity contribution in [1.29, 1.82) is 0 Å². The predicted octanol–water partition coefficient (Wildman–Crippen LogP) is 1.93. The third-order valence-corrected chi connectivity index (χ3v) is 5.68. The van der Waals surface area contributed by atoms with Crippen molar-refractivity contribution in [3.05, 3.63) is 36.4 Å². The van der Waals surface area contributed by atoms with E-state index in [-0.39, 0.29) is 16.9 Å². The lowest BCUT2D eigenvalue weighted by molar-refractivity contribution is 0.328. The molecule has 3 rings (SSSR count). The number of nitrogens with one attached hydrogen (secondary N) is 2. The molecule has 1 aromatic heterocycles. The first-order valence-electron chi connectivity index (χ1n) is 7.71. The molecule has 7 heteroatoms. The highest BCUT2D eigenvalue weighted by Crippen LogP contribution is 2.21. The lowest BCUT2D eigenvalue weighted by atomic mass is 9.97. The van der Waals surface area contributed by atoms with Gasteiger partial charge in [0.15, 0.2) is 5.89 Å². The number of nitrogens with zero attached hydrogens (tertiary/aromatic N) is 1. The summed E-state index contributed by atoms with van der Waals surface area (Å²) in [6.45, 7) is 5.49. The average molecular weight is 335 g/mol. The van der Waals surface area contributed by atoms with E-state index < -0.39 is 10.0 Å². The second-order valence-corrected chi connectivity index (χ2v) is 7.69. The second-order valence-electron chi connectivity index (χ2n) is 5.97. The van der Waals surface area contributed by atoms with Gasteiger partial charge in [0.25, 0.3) is 0 Å². The predicted molar refractivity (Wildman–Crippen MR) is 87.4 cm³/mol. The first-order chi connectivity index (χ1) is 11.0. The molecule has 1 aliphatic rings. The highest BCUT2D eigenvalue weighted by Gasteiger charge is 2.26. The first-order valence-corrected chi connectivity index (χ1v) is 9.19. The van der Waals surface area contributed by atoms with Gasteiger partial charge in [-0.15, -0.1) is 0 Å². The van der Waals surface area contributed by atoms with E-state index in [0.29, 0.717) is 11.6 Å². The van der Waals surface area contributed by atoms with E-state index in [1.807, 2.05) is 0 Å². The van der Waals surface area contributed by atoms with Crippen molar-refractivity contribution in [3.8, 4) is 11.3 Å². The molecule has 2 heterocycles. The van der Waals surface area contributed by atoms with Gasteiger partial charge in [-0.1, -0.05) is 19.1 Å². The van der Waals surface area contributed by atoms with Crippen LogP contribution in [0.2, 0.25) is 0 Å². The van der Waals surface area contributed by atoms with Gasteiger partial charge < -0.3 is 9.73 Å². The smallest absolute Gasteiger partial charge is 0.240 e. The molecule has 1 saturated heterocycles. The molecule has 1 aliphatic heterocycles. The first kappa shape index (κ1) is 16.2. The van der Waals surface area contributed by atoms with Crippen LogP contribution in [0.5, 0.6) is 0 Å². The van der Waals surface area contributed by atoms with Crippen LogP contribution in [0, 0.1) is 12.8 Å². The largest absolute Gasteiger partial charge is 0.449 e. The lowest BCUT2D eigenvalue weighted by Crippen LogP contribution is -2.48. The number of sulfonamides is 1. The van der Waals surface area contributed by atoms with Crippen molar-refractivity contribution >= 4 is 10.0 Å². The van der Waals surface area contributed by atoms with Gasteiger partial charge in [0.05, 0.1) is 4.90 Å². The highest BCUT2D eigenvalue weighted by atomic mass is 32.2. The van der Waals surface area contributed by atoms with Gasteiger partial charge in [-0.05, 0) is 37.6 Å². The van der Waals surface area contributed by atoms with Gasteiger partial charge in [0, 0.05) is 18.5 Å². The van der Waals surface area contributed by atoms with E-state index >= 15 is 0 Å². The molecule has 1 aromatic carbocycles. The summed E-state index contributed by atoms with van der Waals surface area (Å²) in [6.07, 6.45) is 2.37. The lowest BCUT2D eigenvalue weighted by Gasteiger charge is -2.29. The van der Waals surface area contributed by atoms with Crippen LogP contribution in [0.15, 0.2) is 39.8 Å². The molecule has 1 fully saturated rings. The molecule has 2 unspecified atom stereocenters. The summed E-state index contributed by atoms with van der Waals surface area (Å²) in [5.74, 6) is 0.856. The number of hydrogen-bond donors (Lipinski definition) is 2. The van der Waals surface area contributed by atoms with E-state index in [9.17, 15) is 8.42 Å².